The molecular formula is C12H10N2O. The minimum atomic E-state index is 0.398. The lowest BCUT2D eigenvalue weighted by Crippen LogP contribution is -1.96. The van der Waals surface area contributed by atoms with E-state index in [0.717, 1.165) is 23.1 Å². The van der Waals surface area contributed by atoms with E-state index >= 15 is 0 Å². The van der Waals surface area contributed by atoms with Gasteiger partial charge in [0, 0.05) is 5.56 Å². The maximum Gasteiger partial charge on any atom is 0.170 e. The number of aromatic nitrogens is 2. The maximum atomic E-state index is 10.6. The monoisotopic (exact) mass is 198 g/mol. The highest BCUT2D eigenvalue weighted by Gasteiger charge is 2.03. The van der Waals surface area contributed by atoms with Crippen molar-refractivity contribution < 1.29 is 4.79 Å². The highest BCUT2D eigenvalue weighted by molar-refractivity contribution is 5.74. The van der Waals surface area contributed by atoms with E-state index in [1.165, 1.54) is 0 Å². The van der Waals surface area contributed by atoms with Gasteiger partial charge < -0.3 is 0 Å². The van der Waals surface area contributed by atoms with Crippen LogP contribution in [0.4, 0.5) is 0 Å². The van der Waals surface area contributed by atoms with Crippen molar-refractivity contribution in [1.82, 2.24) is 10.2 Å². The van der Waals surface area contributed by atoms with E-state index in [2.05, 4.69) is 10.2 Å². The largest absolute Gasteiger partial charge is 0.296 e. The zero-order valence-corrected chi connectivity index (χ0v) is 8.34. The molecule has 0 spiro atoms. The van der Waals surface area contributed by atoms with Gasteiger partial charge in [0.25, 0.3) is 0 Å². The van der Waals surface area contributed by atoms with Gasteiger partial charge >= 0.3 is 0 Å². The number of benzene rings is 1. The second kappa shape index (κ2) is 4.00. The normalized spacial score (nSPS) is 9.93. The summed E-state index contributed by atoms with van der Waals surface area (Å²) in [6, 6.07) is 11.6. The minimum absolute atomic E-state index is 0.398. The minimum Gasteiger partial charge on any atom is -0.296 e. The summed E-state index contributed by atoms with van der Waals surface area (Å²) >= 11 is 0. The Morgan fingerprint density at radius 2 is 1.87 bits per heavy atom. The maximum absolute atomic E-state index is 10.6. The van der Waals surface area contributed by atoms with Crippen molar-refractivity contribution in [3.63, 3.8) is 0 Å². The van der Waals surface area contributed by atoms with Crippen LogP contribution >= 0.6 is 0 Å². The standard InChI is InChI=1S/C12H10N2O/c1-9-7-11(13-14-12(9)8-15)10-5-3-2-4-6-10/h2-8H,1H3. The molecule has 15 heavy (non-hydrogen) atoms. The Morgan fingerprint density at radius 3 is 2.47 bits per heavy atom. The fourth-order valence-electron chi connectivity index (χ4n) is 1.36. The molecule has 3 heteroatoms. The van der Waals surface area contributed by atoms with Crippen LogP contribution in [0.25, 0.3) is 11.3 Å². The topological polar surface area (TPSA) is 42.9 Å². The second-order valence-corrected chi connectivity index (χ2v) is 3.28. The third kappa shape index (κ3) is 1.91. The molecule has 74 valence electrons. The second-order valence-electron chi connectivity index (χ2n) is 3.28. The molecule has 0 fully saturated rings. The molecule has 3 nitrogen and oxygen atoms in total. The molecule has 0 saturated heterocycles. The van der Waals surface area contributed by atoms with E-state index in [0.29, 0.717) is 5.69 Å². The van der Waals surface area contributed by atoms with Gasteiger partial charge in [-0.25, -0.2) is 0 Å². The van der Waals surface area contributed by atoms with Gasteiger partial charge in [0.05, 0.1) is 5.69 Å². The summed E-state index contributed by atoms with van der Waals surface area (Å²) in [7, 11) is 0. The van der Waals surface area contributed by atoms with E-state index in [-0.39, 0.29) is 0 Å². The summed E-state index contributed by atoms with van der Waals surface area (Å²) < 4.78 is 0. The molecule has 0 bridgehead atoms. The van der Waals surface area contributed by atoms with Crippen molar-refractivity contribution in [2.75, 3.05) is 0 Å². The zero-order chi connectivity index (χ0) is 10.7. The van der Waals surface area contributed by atoms with Crippen LogP contribution in [0.2, 0.25) is 0 Å². The summed E-state index contributed by atoms with van der Waals surface area (Å²) in [4.78, 5) is 10.6. The molecule has 0 N–H and O–H groups in total. The summed E-state index contributed by atoms with van der Waals surface area (Å²) in [5, 5.41) is 7.85. The third-order valence-corrected chi connectivity index (χ3v) is 2.20. The van der Waals surface area contributed by atoms with Gasteiger partial charge in [-0.05, 0) is 18.6 Å². The lowest BCUT2D eigenvalue weighted by atomic mass is 10.1. The quantitative estimate of drug-likeness (QED) is 0.695. The van der Waals surface area contributed by atoms with Crippen LogP contribution < -0.4 is 0 Å². The Hall–Kier alpha value is -2.03. The lowest BCUT2D eigenvalue weighted by Gasteiger charge is -2.01. The molecule has 0 saturated carbocycles. The Kier molecular flexibility index (Phi) is 2.54. The average molecular weight is 198 g/mol. The van der Waals surface area contributed by atoms with Crippen molar-refractivity contribution in [3.05, 3.63) is 47.7 Å². The van der Waals surface area contributed by atoms with Crippen molar-refractivity contribution in [2.24, 2.45) is 0 Å². The molecule has 2 rings (SSSR count). The Labute approximate surface area is 87.8 Å². The van der Waals surface area contributed by atoms with E-state index in [1.54, 1.807) is 0 Å². The molecule has 2 aromatic rings. The first-order chi connectivity index (χ1) is 7.31. The highest BCUT2D eigenvalue weighted by Crippen LogP contribution is 2.16. The third-order valence-electron chi connectivity index (χ3n) is 2.20. The van der Waals surface area contributed by atoms with Crippen LogP contribution in [-0.2, 0) is 0 Å². The van der Waals surface area contributed by atoms with Gasteiger partial charge in [-0.1, -0.05) is 30.3 Å². The SMILES string of the molecule is Cc1cc(-c2ccccc2)nnc1C=O. The fourth-order valence-corrected chi connectivity index (χ4v) is 1.36. The summed E-state index contributed by atoms with van der Waals surface area (Å²) in [6.45, 7) is 1.85. The molecule has 0 radical (unpaired) electrons. The number of carbonyl (C=O) groups excluding carboxylic acids is 1. The molecule has 0 amide bonds. The number of aldehydes is 1. The predicted molar refractivity (Wildman–Crippen MR) is 57.6 cm³/mol. The van der Waals surface area contributed by atoms with E-state index in [1.807, 2.05) is 43.3 Å². The van der Waals surface area contributed by atoms with Gasteiger partial charge in [0.1, 0.15) is 5.69 Å². The number of hydrogen-bond donors (Lipinski definition) is 0. The molecular weight excluding hydrogens is 188 g/mol. The molecule has 0 atom stereocenters. The van der Waals surface area contributed by atoms with Crippen LogP contribution in [0.15, 0.2) is 36.4 Å². The number of aryl methyl sites for hydroxylation is 1. The summed E-state index contributed by atoms with van der Waals surface area (Å²) in [6.07, 6.45) is 0.719. The van der Waals surface area contributed by atoms with Crippen LogP contribution in [0.3, 0.4) is 0 Å². The first-order valence-corrected chi connectivity index (χ1v) is 4.66. The molecule has 0 aliphatic heterocycles. The van der Waals surface area contributed by atoms with E-state index in [4.69, 9.17) is 0 Å². The van der Waals surface area contributed by atoms with Gasteiger partial charge in [0.15, 0.2) is 6.29 Å². The van der Waals surface area contributed by atoms with E-state index in [9.17, 15) is 4.79 Å². The molecule has 1 aromatic heterocycles. The van der Waals surface area contributed by atoms with Crippen LogP contribution in [0.1, 0.15) is 16.1 Å². The lowest BCUT2D eigenvalue weighted by molar-refractivity contribution is 0.111. The number of carbonyl (C=O) groups is 1. The van der Waals surface area contributed by atoms with Crippen molar-refractivity contribution >= 4 is 6.29 Å². The van der Waals surface area contributed by atoms with Crippen LogP contribution in [0, 0.1) is 6.92 Å². The molecule has 0 aliphatic rings. The van der Waals surface area contributed by atoms with Crippen molar-refractivity contribution in [2.45, 2.75) is 6.92 Å². The van der Waals surface area contributed by atoms with Gasteiger partial charge in [-0.2, -0.15) is 0 Å². The predicted octanol–water partition coefficient (Wildman–Crippen LogP) is 2.26. The summed E-state index contributed by atoms with van der Waals surface area (Å²) in [5.74, 6) is 0. The number of rotatable bonds is 2. The summed E-state index contributed by atoms with van der Waals surface area (Å²) in [5.41, 5.74) is 3.04. The van der Waals surface area contributed by atoms with Gasteiger partial charge in [0.2, 0.25) is 0 Å². The van der Waals surface area contributed by atoms with Crippen molar-refractivity contribution in [3.8, 4) is 11.3 Å². The number of hydrogen-bond acceptors (Lipinski definition) is 3. The molecule has 1 aromatic carbocycles. The van der Waals surface area contributed by atoms with Gasteiger partial charge in [-0.3, -0.25) is 4.79 Å². The first kappa shape index (κ1) is 9.52. The number of nitrogens with zero attached hydrogens (tertiary/aromatic N) is 2. The Balaban J connectivity index is 2.47. The first-order valence-electron chi connectivity index (χ1n) is 4.66. The van der Waals surface area contributed by atoms with Gasteiger partial charge in [-0.15, -0.1) is 10.2 Å². The Morgan fingerprint density at radius 1 is 1.13 bits per heavy atom. The highest BCUT2D eigenvalue weighted by atomic mass is 16.1. The van der Waals surface area contributed by atoms with Crippen LogP contribution in [0.5, 0.6) is 0 Å². The smallest absolute Gasteiger partial charge is 0.170 e. The fraction of sp³-hybridized carbons (Fsp3) is 0.0833. The zero-order valence-electron chi connectivity index (χ0n) is 8.34. The van der Waals surface area contributed by atoms with Crippen LogP contribution in [-0.4, -0.2) is 16.5 Å². The average Bonchev–Trinajstić information content (AvgIpc) is 2.30. The van der Waals surface area contributed by atoms with E-state index < -0.39 is 0 Å². The molecule has 0 aliphatic carbocycles. The molecule has 0 unspecified atom stereocenters. The van der Waals surface area contributed by atoms with Crippen molar-refractivity contribution in [1.29, 1.82) is 0 Å². The molecule has 1 heterocycles. The Bertz CT molecular complexity index is 480.